The predicted molar refractivity (Wildman–Crippen MR) is 66.7 cm³/mol. The summed E-state index contributed by atoms with van der Waals surface area (Å²) in [4.78, 5) is 13.3. The molecule has 17 heavy (non-hydrogen) atoms. The highest BCUT2D eigenvalue weighted by molar-refractivity contribution is 5.70. The second kappa shape index (κ2) is 5.83. The molecule has 0 spiro atoms. The number of likely N-dealkylation sites (tertiary alicyclic amines) is 1. The van der Waals surface area contributed by atoms with Gasteiger partial charge in [0.15, 0.2) is 0 Å². The van der Waals surface area contributed by atoms with Crippen LogP contribution in [0.3, 0.4) is 0 Å². The molecule has 2 unspecified atom stereocenters. The molecule has 1 heterocycles. The number of hydrogen-bond acceptors (Lipinski definition) is 3. The van der Waals surface area contributed by atoms with E-state index in [9.17, 15) is 4.79 Å². The molecule has 0 aromatic heterocycles. The van der Waals surface area contributed by atoms with Crippen LogP contribution in [0.5, 0.6) is 0 Å². The van der Waals surface area contributed by atoms with Crippen LogP contribution in [0.15, 0.2) is 0 Å². The lowest BCUT2D eigenvalue weighted by atomic mass is 9.87. The molecule has 1 saturated carbocycles. The fourth-order valence-electron chi connectivity index (χ4n) is 3.30. The van der Waals surface area contributed by atoms with Crippen molar-refractivity contribution in [2.75, 3.05) is 19.6 Å². The quantitative estimate of drug-likeness (QED) is 0.780. The molecule has 1 saturated heterocycles. The molecule has 0 bridgehead atoms. The summed E-state index contributed by atoms with van der Waals surface area (Å²) in [6, 6.07) is 0.0356. The van der Waals surface area contributed by atoms with Crippen molar-refractivity contribution in [3.05, 3.63) is 0 Å². The highest BCUT2D eigenvalue weighted by Crippen LogP contribution is 2.26. The molecule has 2 rings (SSSR count). The Hall–Kier alpha value is -0.610. The summed E-state index contributed by atoms with van der Waals surface area (Å²) < 4.78 is 0. The van der Waals surface area contributed by atoms with Gasteiger partial charge in [-0.2, -0.15) is 0 Å². The molecule has 98 valence electrons. The summed E-state index contributed by atoms with van der Waals surface area (Å²) in [5.74, 6) is -0.181. The van der Waals surface area contributed by atoms with Crippen molar-refractivity contribution in [1.82, 2.24) is 4.90 Å². The Labute approximate surface area is 103 Å². The number of hydrogen-bond donors (Lipinski definition) is 2. The van der Waals surface area contributed by atoms with E-state index >= 15 is 0 Å². The molecule has 2 aliphatic rings. The third-order valence-electron chi connectivity index (χ3n) is 4.15. The smallest absolute Gasteiger partial charge is 0.307 e. The summed E-state index contributed by atoms with van der Waals surface area (Å²) in [5, 5.41) is 9.10. The average Bonchev–Trinajstić information content (AvgIpc) is 2.29. The maximum Gasteiger partial charge on any atom is 0.307 e. The van der Waals surface area contributed by atoms with E-state index in [1.54, 1.807) is 0 Å². The summed E-state index contributed by atoms with van der Waals surface area (Å²) >= 11 is 0. The van der Waals surface area contributed by atoms with Gasteiger partial charge in [-0.3, -0.25) is 4.79 Å². The van der Waals surface area contributed by atoms with E-state index in [0.717, 1.165) is 19.0 Å². The zero-order chi connectivity index (χ0) is 12.3. The highest BCUT2D eigenvalue weighted by atomic mass is 16.4. The maximum absolute atomic E-state index is 11.1. The van der Waals surface area contributed by atoms with E-state index < -0.39 is 5.97 Å². The van der Waals surface area contributed by atoms with Crippen molar-refractivity contribution < 1.29 is 9.90 Å². The lowest BCUT2D eigenvalue weighted by Gasteiger charge is -2.37. The molecule has 2 atom stereocenters. The zero-order valence-electron chi connectivity index (χ0n) is 10.5. The summed E-state index contributed by atoms with van der Waals surface area (Å²) in [7, 11) is 0. The Morgan fingerprint density at radius 2 is 1.94 bits per heavy atom. The third-order valence-corrected chi connectivity index (χ3v) is 4.15. The number of nitrogens with two attached hydrogens (primary N) is 1. The molecule has 4 heteroatoms. The van der Waals surface area contributed by atoms with Crippen molar-refractivity contribution in [1.29, 1.82) is 0 Å². The van der Waals surface area contributed by atoms with Gasteiger partial charge in [0.25, 0.3) is 0 Å². The molecule has 0 aromatic carbocycles. The van der Waals surface area contributed by atoms with Crippen molar-refractivity contribution in [2.45, 2.75) is 44.6 Å². The van der Waals surface area contributed by atoms with Gasteiger partial charge in [0.1, 0.15) is 0 Å². The standard InChI is InChI=1S/C13H24N2O2/c14-12-6-11(13(16)17)8-15(9-12)7-10-4-2-1-3-5-10/h10-12H,1-9,14H2,(H,16,17). The number of carboxylic acid groups (broad SMARTS) is 1. The van der Waals surface area contributed by atoms with Crippen molar-refractivity contribution in [3.8, 4) is 0 Å². The van der Waals surface area contributed by atoms with Crippen LogP contribution in [0, 0.1) is 11.8 Å². The minimum Gasteiger partial charge on any atom is -0.481 e. The van der Waals surface area contributed by atoms with Crippen molar-refractivity contribution >= 4 is 5.97 Å². The molecular formula is C13H24N2O2. The molecule has 4 nitrogen and oxygen atoms in total. The SMILES string of the molecule is NC1CC(C(=O)O)CN(CC2CCCCC2)C1. The van der Waals surface area contributed by atoms with E-state index in [-0.39, 0.29) is 12.0 Å². The molecule has 0 amide bonds. The second-order valence-corrected chi connectivity index (χ2v) is 5.75. The van der Waals surface area contributed by atoms with Crippen LogP contribution < -0.4 is 5.73 Å². The van der Waals surface area contributed by atoms with Gasteiger partial charge in [0.05, 0.1) is 5.92 Å². The van der Waals surface area contributed by atoms with E-state index in [0.29, 0.717) is 13.0 Å². The van der Waals surface area contributed by atoms with Gasteiger partial charge in [-0.15, -0.1) is 0 Å². The summed E-state index contributed by atoms with van der Waals surface area (Å²) in [6.45, 7) is 2.62. The molecule has 0 radical (unpaired) electrons. The Morgan fingerprint density at radius 3 is 2.59 bits per heavy atom. The Bertz CT molecular complexity index is 264. The van der Waals surface area contributed by atoms with E-state index in [1.807, 2.05) is 0 Å². The van der Waals surface area contributed by atoms with Crippen LogP contribution in [0.2, 0.25) is 0 Å². The lowest BCUT2D eigenvalue weighted by molar-refractivity contribution is -0.144. The summed E-state index contributed by atoms with van der Waals surface area (Å²) in [5.41, 5.74) is 5.95. The van der Waals surface area contributed by atoms with E-state index in [2.05, 4.69) is 4.90 Å². The van der Waals surface area contributed by atoms with Gasteiger partial charge in [-0.1, -0.05) is 19.3 Å². The molecule has 1 aliphatic carbocycles. The maximum atomic E-state index is 11.1. The number of carboxylic acids is 1. The van der Waals surface area contributed by atoms with E-state index in [1.165, 1.54) is 32.1 Å². The fraction of sp³-hybridized carbons (Fsp3) is 0.923. The van der Waals surface area contributed by atoms with Crippen LogP contribution >= 0.6 is 0 Å². The first-order valence-corrected chi connectivity index (χ1v) is 6.86. The first-order chi connectivity index (χ1) is 8.15. The topological polar surface area (TPSA) is 66.6 Å². The lowest BCUT2D eigenvalue weighted by Crippen LogP contribution is -2.50. The largest absolute Gasteiger partial charge is 0.481 e. The van der Waals surface area contributed by atoms with Crippen LogP contribution in [0.4, 0.5) is 0 Å². The minimum atomic E-state index is -0.686. The first kappa shape index (κ1) is 12.8. The van der Waals surface area contributed by atoms with Gasteiger partial charge >= 0.3 is 5.97 Å². The van der Waals surface area contributed by atoms with Gasteiger partial charge in [-0.25, -0.2) is 0 Å². The zero-order valence-corrected chi connectivity index (χ0v) is 10.5. The average molecular weight is 240 g/mol. The number of piperidine rings is 1. The molecule has 0 aromatic rings. The molecule has 2 fully saturated rings. The van der Waals surface area contributed by atoms with Crippen LogP contribution in [0.25, 0.3) is 0 Å². The molecule has 3 N–H and O–H groups in total. The Balaban J connectivity index is 1.84. The Morgan fingerprint density at radius 1 is 1.24 bits per heavy atom. The van der Waals surface area contributed by atoms with Gasteiger partial charge in [-0.05, 0) is 25.2 Å². The van der Waals surface area contributed by atoms with Crippen molar-refractivity contribution in [2.24, 2.45) is 17.6 Å². The Kier molecular flexibility index (Phi) is 4.40. The highest BCUT2D eigenvalue weighted by Gasteiger charge is 2.30. The van der Waals surface area contributed by atoms with Crippen LogP contribution in [-0.2, 0) is 4.79 Å². The number of rotatable bonds is 3. The predicted octanol–water partition coefficient (Wildman–Crippen LogP) is 1.30. The number of aliphatic carboxylic acids is 1. The van der Waals surface area contributed by atoms with Crippen LogP contribution in [-0.4, -0.2) is 41.7 Å². The molecule has 1 aliphatic heterocycles. The second-order valence-electron chi connectivity index (χ2n) is 5.75. The van der Waals surface area contributed by atoms with Crippen LogP contribution in [0.1, 0.15) is 38.5 Å². The monoisotopic (exact) mass is 240 g/mol. The van der Waals surface area contributed by atoms with E-state index in [4.69, 9.17) is 10.8 Å². The first-order valence-electron chi connectivity index (χ1n) is 6.86. The fourth-order valence-corrected chi connectivity index (χ4v) is 3.30. The van der Waals surface area contributed by atoms with Crippen molar-refractivity contribution in [3.63, 3.8) is 0 Å². The third kappa shape index (κ3) is 3.68. The number of carbonyl (C=O) groups is 1. The van der Waals surface area contributed by atoms with Gasteiger partial charge < -0.3 is 15.7 Å². The van der Waals surface area contributed by atoms with Gasteiger partial charge in [0.2, 0.25) is 0 Å². The van der Waals surface area contributed by atoms with Gasteiger partial charge in [0, 0.05) is 25.7 Å². The minimum absolute atomic E-state index is 0.0356. The number of nitrogens with zero attached hydrogens (tertiary/aromatic N) is 1. The normalized spacial score (nSPS) is 32.5. The summed E-state index contributed by atoms with van der Waals surface area (Å²) in [6.07, 6.45) is 7.30. The molecular weight excluding hydrogens is 216 g/mol.